The summed E-state index contributed by atoms with van der Waals surface area (Å²) in [5.74, 6) is 0.0790. The third-order valence-corrected chi connectivity index (χ3v) is 3.69. The van der Waals surface area contributed by atoms with E-state index in [0.717, 1.165) is 0 Å². The van der Waals surface area contributed by atoms with E-state index >= 15 is 0 Å². The zero-order valence-corrected chi connectivity index (χ0v) is 13.3. The summed E-state index contributed by atoms with van der Waals surface area (Å²) in [6.45, 7) is 0.599. The molecular formula is C14H13BrN4O3. The summed E-state index contributed by atoms with van der Waals surface area (Å²) in [5, 5.41) is 18.7. The molecule has 1 aromatic rings. The summed E-state index contributed by atoms with van der Waals surface area (Å²) in [7, 11) is 1.53. The van der Waals surface area contributed by atoms with Crippen LogP contribution in [0, 0.1) is 11.3 Å². The topological polar surface area (TPSA) is 112 Å². The van der Waals surface area contributed by atoms with Gasteiger partial charge in [0.25, 0.3) is 5.91 Å². The number of nitriles is 1. The number of carbonyl (C=O) groups is 1. The van der Waals surface area contributed by atoms with E-state index in [2.05, 4.69) is 20.9 Å². The molecule has 1 aromatic carbocycles. The number of rotatable bonds is 1. The van der Waals surface area contributed by atoms with Crippen molar-refractivity contribution in [3.8, 4) is 11.8 Å². The summed E-state index contributed by atoms with van der Waals surface area (Å²) in [6.07, 6.45) is 1.25. The number of nitrogens with two attached hydrogens (primary N) is 1. The van der Waals surface area contributed by atoms with Crippen LogP contribution in [0.25, 0.3) is 0 Å². The molecule has 1 amide bonds. The number of amides is 1. The second-order valence-electron chi connectivity index (χ2n) is 4.35. The Labute approximate surface area is 135 Å². The largest absolute Gasteiger partial charge is 0.505 e. The number of aliphatic imine (C=N–C) groups is 1. The lowest BCUT2D eigenvalue weighted by molar-refractivity contribution is 0.0772. The van der Waals surface area contributed by atoms with Crippen molar-refractivity contribution in [2.45, 2.75) is 0 Å². The molecule has 1 fully saturated rings. The van der Waals surface area contributed by atoms with E-state index < -0.39 is 0 Å². The van der Waals surface area contributed by atoms with Gasteiger partial charge in [0.05, 0.1) is 16.6 Å². The van der Waals surface area contributed by atoms with Crippen LogP contribution in [0.1, 0.15) is 15.9 Å². The number of benzene rings is 1. The SMILES string of the molecule is CN=C1C(=CN)OCCN1C(=O)c1cc(Br)c(O)c(C#N)c1. The molecule has 0 saturated carbocycles. The average Bonchev–Trinajstić information content (AvgIpc) is 2.55. The molecule has 8 heteroatoms. The van der Waals surface area contributed by atoms with Crippen LogP contribution in [0.5, 0.6) is 5.75 Å². The Balaban J connectivity index is 2.44. The first-order valence-electron chi connectivity index (χ1n) is 6.29. The molecule has 0 unspecified atom stereocenters. The summed E-state index contributed by atoms with van der Waals surface area (Å²) in [4.78, 5) is 18.1. The number of nitrogens with zero attached hydrogens (tertiary/aromatic N) is 3. The van der Waals surface area contributed by atoms with Gasteiger partial charge in [-0.25, -0.2) is 0 Å². The van der Waals surface area contributed by atoms with Gasteiger partial charge >= 0.3 is 0 Å². The van der Waals surface area contributed by atoms with E-state index in [0.29, 0.717) is 18.1 Å². The summed E-state index contributed by atoms with van der Waals surface area (Å²) >= 11 is 3.13. The molecule has 22 heavy (non-hydrogen) atoms. The lowest BCUT2D eigenvalue weighted by Crippen LogP contribution is -2.44. The fraction of sp³-hybridized carbons (Fsp3) is 0.214. The van der Waals surface area contributed by atoms with Crippen molar-refractivity contribution in [3.05, 3.63) is 39.7 Å². The molecule has 3 N–H and O–H groups in total. The van der Waals surface area contributed by atoms with Crippen molar-refractivity contribution in [1.82, 2.24) is 4.90 Å². The maximum atomic E-state index is 12.7. The predicted molar refractivity (Wildman–Crippen MR) is 83.1 cm³/mol. The van der Waals surface area contributed by atoms with Gasteiger partial charge in [0, 0.05) is 18.8 Å². The lowest BCUT2D eigenvalue weighted by Gasteiger charge is -2.30. The van der Waals surface area contributed by atoms with Gasteiger partial charge in [-0.2, -0.15) is 5.26 Å². The first-order chi connectivity index (χ1) is 10.5. The summed E-state index contributed by atoms with van der Waals surface area (Å²) < 4.78 is 5.62. The molecule has 1 heterocycles. The zero-order valence-electron chi connectivity index (χ0n) is 11.7. The van der Waals surface area contributed by atoms with E-state index in [1.54, 1.807) is 0 Å². The number of amidine groups is 1. The van der Waals surface area contributed by atoms with Crippen LogP contribution < -0.4 is 5.73 Å². The number of morpholine rings is 1. The number of hydrogen-bond acceptors (Lipinski definition) is 6. The molecule has 1 saturated heterocycles. The maximum absolute atomic E-state index is 12.7. The van der Waals surface area contributed by atoms with Crippen molar-refractivity contribution >= 4 is 27.7 Å². The fourth-order valence-electron chi connectivity index (χ4n) is 2.07. The van der Waals surface area contributed by atoms with Crippen LogP contribution in [0.4, 0.5) is 0 Å². The van der Waals surface area contributed by atoms with Crippen molar-refractivity contribution in [1.29, 1.82) is 5.26 Å². The third kappa shape index (κ3) is 2.76. The molecule has 7 nitrogen and oxygen atoms in total. The number of ether oxygens (including phenoxy) is 1. The summed E-state index contributed by atoms with van der Waals surface area (Å²) in [6, 6.07) is 4.62. The summed E-state index contributed by atoms with van der Waals surface area (Å²) in [5.41, 5.74) is 5.73. The molecule has 2 rings (SSSR count). The number of hydrogen-bond donors (Lipinski definition) is 2. The van der Waals surface area contributed by atoms with Crippen LogP contribution >= 0.6 is 15.9 Å². The smallest absolute Gasteiger partial charge is 0.259 e. The Bertz CT molecular complexity index is 722. The Morgan fingerprint density at radius 2 is 2.36 bits per heavy atom. The van der Waals surface area contributed by atoms with Crippen molar-refractivity contribution < 1.29 is 14.6 Å². The Morgan fingerprint density at radius 1 is 1.64 bits per heavy atom. The monoisotopic (exact) mass is 364 g/mol. The van der Waals surface area contributed by atoms with Gasteiger partial charge in [-0.15, -0.1) is 0 Å². The van der Waals surface area contributed by atoms with Crippen LogP contribution in [-0.4, -0.2) is 41.9 Å². The van der Waals surface area contributed by atoms with Gasteiger partial charge in [0.1, 0.15) is 18.4 Å². The van der Waals surface area contributed by atoms with Crippen LogP contribution in [0.15, 0.2) is 33.6 Å². The second-order valence-corrected chi connectivity index (χ2v) is 5.20. The van der Waals surface area contributed by atoms with Gasteiger partial charge in [-0.3, -0.25) is 14.7 Å². The number of halogens is 1. The number of phenols is 1. The lowest BCUT2D eigenvalue weighted by atomic mass is 10.1. The highest BCUT2D eigenvalue weighted by Crippen LogP contribution is 2.30. The predicted octanol–water partition coefficient (Wildman–Crippen LogP) is 1.33. The highest BCUT2D eigenvalue weighted by Gasteiger charge is 2.29. The molecule has 0 aliphatic carbocycles. The number of phenolic OH excluding ortho intramolecular Hbond substituents is 1. The minimum atomic E-state index is -0.361. The third-order valence-electron chi connectivity index (χ3n) is 3.09. The molecule has 0 atom stereocenters. The van der Waals surface area contributed by atoms with E-state index in [-0.39, 0.29) is 33.9 Å². The molecule has 1 aliphatic heterocycles. The van der Waals surface area contributed by atoms with Crippen molar-refractivity contribution in [3.63, 3.8) is 0 Å². The fourth-order valence-corrected chi connectivity index (χ4v) is 2.53. The molecular weight excluding hydrogens is 352 g/mol. The molecule has 0 radical (unpaired) electrons. The molecule has 1 aliphatic rings. The van der Waals surface area contributed by atoms with E-state index in [4.69, 9.17) is 15.7 Å². The maximum Gasteiger partial charge on any atom is 0.259 e. The van der Waals surface area contributed by atoms with Crippen molar-refractivity contribution in [2.24, 2.45) is 10.7 Å². The average molecular weight is 365 g/mol. The quantitative estimate of drug-likeness (QED) is 0.780. The molecule has 0 spiro atoms. The molecule has 114 valence electrons. The van der Waals surface area contributed by atoms with Crippen LogP contribution in [0.3, 0.4) is 0 Å². The van der Waals surface area contributed by atoms with Crippen LogP contribution in [0.2, 0.25) is 0 Å². The highest BCUT2D eigenvalue weighted by atomic mass is 79.9. The van der Waals surface area contributed by atoms with Gasteiger partial charge < -0.3 is 15.6 Å². The van der Waals surface area contributed by atoms with Crippen LogP contribution in [-0.2, 0) is 4.74 Å². The number of carbonyl (C=O) groups excluding carboxylic acids is 1. The first kappa shape index (κ1) is 15.9. The zero-order chi connectivity index (χ0) is 16.3. The van der Waals surface area contributed by atoms with Gasteiger partial charge in [0.15, 0.2) is 11.6 Å². The Hall–Kier alpha value is -2.53. The normalized spacial score (nSPS) is 18.1. The highest BCUT2D eigenvalue weighted by molar-refractivity contribution is 9.10. The second kappa shape index (κ2) is 6.49. The minimum absolute atomic E-state index is 0.00978. The van der Waals surface area contributed by atoms with Gasteiger partial charge in [-0.05, 0) is 28.1 Å². The Morgan fingerprint density at radius 3 is 2.95 bits per heavy atom. The van der Waals surface area contributed by atoms with E-state index in [1.165, 1.54) is 30.3 Å². The van der Waals surface area contributed by atoms with Gasteiger partial charge in [-0.1, -0.05) is 0 Å². The first-order valence-corrected chi connectivity index (χ1v) is 7.09. The van der Waals surface area contributed by atoms with Crippen molar-refractivity contribution in [2.75, 3.05) is 20.2 Å². The standard InChI is InChI=1S/C14H13BrN4O3/c1-18-13-11(7-17)22-3-2-19(13)14(21)8-4-9(6-16)12(20)10(15)5-8/h4-5,7,20H,2-3,17H2,1H3. The van der Waals surface area contributed by atoms with E-state index in [1.807, 2.05) is 6.07 Å². The molecule has 0 bridgehead atoms. The number of aromatic hydroxyl groups is 1. The van der Waals surface area contributed by atoms with Gasteiger partial charge in [0.2, 0.25) is 0 Å². The Kier molecular flexibility index (Phi) is 4.68. The minimum Gasteiger partial charge on any atom is -0.505 e. The van der Waals surface area contributed by atoms with E-state index in [9.17, 15) is 9.90 Å². The molecule has 0 aromatic heterocycles.